The third kappa shape index (κ3) is 7.12. The van der Waals surface area contributed by atoms with Gasteiger partial charge in [-0.25, -0.2) is 0 Å². The maximum absolute atomic E-state index is 12.1. The Morgan fingerprint density at radius 2 is 1.69 bits per heavy atom. The van der Waals surface area contributed by atoms with E-state index in [2.05, 4.69) is 16.2 Å². The third-order valence-electron chi connectivity index (χ3n) is 4.07. The predicted molar refractivity (Wildman–Crippen MR) is 112 cm³/mol. The van der Waals surface area contributed by atoms with Gasteiger partial charge in [0.15, 0.2) is 6.10 Å². The summed E-state index contributed by atoms with van der Waals surface area (Å²) in [6.07, 6.45) is -0.955. The molecule has 0 aliphatic rings. The molecule has 0 radical (unpaired) electrons. The zero-order valence-electron chi connectivity index (χ0n) is 16.5. The Labute approximate surface area is 174 Å². The highest BCUT2D eigenvalue weighted by molar-refractivity contribution is 6.33. The van der Waals surface area contributed by atoms with Gasteiger partial charge >= 0.3 is 0 Å². The summed E-state index contributed by atoms with van der Waals surface area (Å²) >= 11 is 5.97. The Morgan fingerprint density at radius 1 is 1.00 bits per heavy atom. The van der Waals surface area contributed by atoms with E-state index in [1.807, 2.05) is 32.0 Å². The van der Waals surface area contributed by atoms with Crippen LogP contribution < -0.4 is 20.9 Å². The van der Waals surface area contributed by atoms with Gasteiger partial charge in [0, 0.05) is 12.8 Å². The maximum Gasteiger partial charge on any atom is 0.279 e. The van der Waals surface area contributed by atoms with Gasteiger partial charge in [0.2, 0.25) is 11.8 Å². The Bertz CT molecular complexity index is 901. The lowest BCUT2D eigenvalue weighted by Gasteiger charge is -2.17. The summed E-state index contributed by atoms with van der Waals surface area (Å²) in [4.78, 5) is 35.9. The number of hydrazine groups is 1. The van der Waals surface area contributed by atoms with Gasteiger partial charge in [-0.3, -0.25) is 25.2 Å². The van der Waals surface area contributed by atoms with Crippen LogP contribution in [0.4, 0.5) is 5.69 Å². The van der Waals surface area contributed by atoms with Crippen LogP contribution in [0, 0.1) is 13.8 Å². The maximum atomic E-state index is 12.1. The number of ether oxygens (including phenoxy) is 1. The first-order valence-electron chi connectivity index (χ1n) is 9.13. The highest BCUT2D eigenvalue weighted by Gasteiger charge is 2.17. The number of benzene rings is 2. The van der Waals surface area contributed by atoms with Crippen LogP contribution in [0.15, 0.2) is 42.5 Å². The number of hydrogen-bond acceptors (Lipinski definition) is 4. The predicted octanol–water partition coefficient (Wildman–Crippen LogP) is 3.29. The van der Waals surface area contributed by atoms with Crippen molar-refractivity contribution in [1.29, 1.82) is 0 Å². The first-order valence-corrected chi connectivity index (χ1v) is 9.51. The fourth-order valence-corrected chi connectivity index (χ4v) is 2.56. The molecule has 0 aliphatic heterocycles. The number of anilines is 1. The number of rotatable bonds is 7. The molecule has 1 atom stereocenters. The minimum absolute atomic E-state index is 0.0541. The highest BCUT2D eigenvalue weighted by atomic mass is 35.5. The molecule has 1 unspecified atom stereocenters. The van der Waals surface area contributed by atoms with E-state index in [9.17, 15) is 14.4 Å². The molecule has 7 nitrogen and oxygen atoms in total. The van der Waals surface area contributed by atoms with Crippen LogP contribution in [-0.4, -0.2) is 23.8 Å². The van der Waals surface area contributed by atoms with Gasteiger partial charge in [-0.15, -0.1) is 0 Å². The average molecular weight is 418 g/mol. The van der Waals surface area contributed by atoms with Crippen LogP contribution in [0.25, 0.3) is 0 Å². The number of carbonyl (C=O) groups excluding carboxylic acids is 3. The molecule has 0 heterocycles. The summed E-state index contributed by atoms with van der Waals surface area (Å²) < 4.78 is 5.66. The summed E-state index contributed by atoms with van der Waals surface area (Å²) in [6, 6.07) is 12.5. The fraction of sp³-hybridized carbons (Fsp3) is 0.286. The van der Waals surface area contributed by atoms with Crippen molar-refractivity contribution >= 4 is 35.0 Å². The second-order valence-electron chi connectivity index (χ2n) is 6.59. The molecule has 8 heteroatoms. The van der Waals surface area contributed by atoms with Gasteiger partial charge in [0.25, 0.3) is 5.91 Å². The van der Waals surface area contributed by atoms with E-state index in [-0.39, 0.29) is 18.7 Å². The molecular formula is C21H24ClN3O4. The van der Waals surface area contributed by atoms with E-state index < -0.39 is 17.9 Å². The molecule has 0 fully saturated rings. The number of amides is 3. The van der Waals surface area contributed by atoms with Crippen LogP contribution in [0.5, 0.6) is 5.75 Å². The Kier molecular flexibility index (Phi) is 8.03. The topological polar surface area (TPSA) is 96.5 Å². The molecule has 2 rings (SSSR count). The lowest BCUT2D eigenvalue weighted by molar-refractivity contribution is -0.133. The summed E-state index contributed by atoms with van der Waals surface area (Å²) in [7, 11) is 0. The summed E-state index contributed by atoms with van der Waals surface area (Å²) in [5.74, 6) is -0.743. The van der Waals surface area contributed by atoms with Crippen molar-refractivity contribution in [3.63, 3.8) is 0 Å². The molecule has 2 aromatic rings. The van der Waals surface area contributed by atoms with Gasteiger partial charge in [-0.2, -0.15) is 0 Å². The van der Waals surface area contributed by atoms with Crippen molar-refractivity contribution in [2.45, 2.75) is 39.7 Å². The number of carbonyl (C=O) groups is 3. The standard InChI is InChI=1S/C21H24ClN3O4/c1-13-8-9-14(2)18(12-13)29-15(3)21(28)25-24-20(27)11-10-19(26)23-17-7-5-4-6-16(17)22/h4-9,12,15H,10-11H2,1-3H3,(H,23,26)(H,24,27)(H,25,28). The average Bonchev–Trinajstić information content (AvgIpc) is 2.69. The smallest absolute Gasteiger partial charge is 0.279 e. The molecule has 0 aliphatic carbocycles. The number of para-hydroxylation sites is 1. The largest absolute Gasteiger partial charge is 0.481 e. The summed E-state index contributed by atoms with van der Waals surface area (Å²) in [5.41, 5.74) is 6.98. The molecule has 3 N–H and O–H groups in total. The van der Waals surface area contributed by atoms with Crippen molar-refractivity contribution in [3.8, 4) is 5.75 Å². The van der Waals surface area contributed by atoms with Crippen molar-refractivity contribution in [3.05, 3.63) is 58.6 Å². The molecule has 0 saturated heterocycles. The third-order valence-corrected chi connectivity index (χ3v) is 4.40. The minimum atomic E-state index is -0.806. The monoisotopic (exact) mass is 417 g/mol. The minimum Gasteiger partial charge on any atom is -0.481 e. The van der Waals surface area contributed by atoms with Gasteiger partial charge < -0.3 is 10.1 Å². The van der Waals surface area contributed by atoms with E-state index >= 15 is 0 Å². The second kappa shape index (κ2) is 10.5. The molecule has 0 spiro atoms. The van der Waals surface area contributed by atoms with E-state index in [1.165, 1.54) is 0 Å². The SMILES string of the molecule is Cc1ccc(C)c(OC(C)C(=O)NNC(=O)CCC(=O)Nc2ccccc2Cl)c1. The van der Waals surface area contributed by atoms with Gasteiger partial charge in [0.1, 0.15) is 5.75 Å². The molecule has 154 valence electrons. The molecule has 3 amide bonds. The van der Waals surface area contributed by atoms with Crippen molar-refractivity contribution in [2.24, 2.45) is 0 Å². The van der Waals surface area contributed by atoms with Crippen molar-refractivity contribution in [2.75, 3.05) is 5.32 Å². The number of nitrogens with one attached hydrogen (secondary N) is 3. The normalized spacial score (nSPS) is 11.3. The Hall–Kier alpha value is -3.06. The van der Waals surface area contributed by atoms with Gasteiger partial charge in [0.05, 0.1) is 10.7 Å². The van der Waals surface area contributed by atoms with E-state index in [1.54, 1.807) is 31.2 Å². The fourth-order valence-electron chi connectivity index (χ4n) is 2.38. The Balaban J connectivity index is 1.73. The van der Waals surface area contributed by atoms with Crippen LogP contribution in [0.2, 0.25) is 5.02 Å². The first-order chi connectivity index (χ1) is 13.8. The highest BCUT2D eigenvalue weighted by Crippen LogP contribution is 2.21. The lowest BCUT2D eigenvalue weighted by atomic mass is 10.1. The molecule has 0 saturated carbocycles. The quantitative estimate of drug-likeness (QED) is 0.602. The van der Waals surface area contributed by atoms with Gasteiger partial charge in [-0.1, -0.05) is 35.9 Å². The summed E-state index contributed by atoms with van der Waals surface area (Å²) in [5, 5.41) is 3.04. The van der Waals surface area contributed by atoms with Gasteiger partial charge in [-0.05, 0) is 50.1 Å². The molecule has 29 heavy (non-hydrogen) atoms. The molecule has 2 aromatic carbocycles. The lowest BCUT2D eigenvalue weighted by Crippen LogP contribution is -2.47. The van der Waals surface area contributed by atoms with E-state index in [0.29, 0.717) is 16.5 Å². The zero-order valence-corrected chi connectivity index (χ0v) is 17.3. The van der Waals surface area contributed by atoms with E-state index in [4.69, 9.17) is 16.3 Å². The first kappa shape index (κ1) is 22.2. The second-order valence-corrected chi connectivity index (χ2v) is 7.00. The van der Waals surface area contributed by atoms with Crippen molar-refractivity contribution in [1.82, 2.24) is 10.9 Å². The van der Waals surface area contributed by atoms with Crippen LogP contribution >= 0.6 is 11.6 Å². The summed E-state index contributed by atoms with van der Waals surface area (Å²) in [6.45, 7) is 5.40. The van der Waals surface area contributed by atoms with Crippen LogP contribution in [0.1, 0.15) is 30.9 Å². The molecule has 0 bridgehead atoms. The van der Waals surface area contributed by atoms with Crippen molar-refractivity contribution < 1.29 is 19.1 Å². The zero-order chi connectivity index (χ0) is 21.4. The van der Waals surface area contributed by atoms with E-state index in [0.717, 1.165) is 11.1 Å². The molecule has 0 aromatic heterocycles. The molecular weight excluding hydrogens is 394 g/mol. The Morgan fingerprint density at radius 3 is 2.41 bits per heavy atom. The van der Waals surface area contributed by atoms with Crippen LogP contribution in [0.3, 0.4) is 0 Å². The number of aryl methyl sites for hydroxylation is 2. The van der Waals surface area contributed by atoms with Crippen LogP contribution in [-0.2, 0) is 14.4 Å². The number of halogens is 1. The number of hydrogen-bond donors (Lipinski definition) is 3.